The zero-order valence-corrected chi connectivity index (χ0v) is 22.4. The van der Waals surface area contributed by atoms with E-state index in [1.807, 2.05) is 0 Å². The smallest absolute Gasteiger partial charge is 0.168 e. The third kappa shape index (κ3) is 3.95. The number of hydrogen-bond acceptors (Lipinski definition) is 3. The Morgan fingerprint density at radius 2 is 1.58 bits per heavy atom. The summed E-state index contributed by atoms with van der Waals surface area (Å²) >= 11 is 0. The van der Waals surface area contributed by atoms with Crippen molar-refractivity contribution in [3.8, 4) is 0 Å². The molecule has 1 heterocycles. The fourth-order valence-electron chi connectivity index (χ4n) is 10.3. The fourth-order valence-corrected chi connectivity index (χ4v) is 10.3. The Morgan fingerprint density at radius 3 is 2.27 bits per heavy atom. The molecular formula is C30H52O3. The lowest BCUT2D eigenvalue weighted by Gasteiger charge is -2.64. The van der Waals surface area contributed by atoms with Gasteiger partial charge < -0.3 is 14.6 Å². The van der Waals surface area contributed by atoms with E-state index in [9.17, 15) is 5.11 Å². The number of fused-ring (bicyclic) bond motifs is 5. The van der Waals surface area contributed by atoms with E-state index in [4.69, 9.17) is 9.47 Å². The molecule has 5 aliphatic rings. The summed E-state index contributed by atoms with van der Waals surface area (Å²) in [5.74, 6) is 6.00. The van der Waals surface area contributed by atoms with E-state index in [0.29, 0.717) is 16.7 Å². The minimum atomic E-state index is -0.242. The van der Waals surface area contributed by atoms with E-state index in [0.717, 1.165) is 73.9 Å². The quantitative estimate of drug-likeness (QED) is 0.477. The maximum atomic E-state index is 10.4. The molecular weight excluding hydrogens is 408 g/mol. The Kier molecular flexibility index (Phi) is 6.53. The second-order valence-electron chi connectivity index (χ2n) is 14.1. The summed E-state index contributed by atoms with van der Waals surface area (Å²) in [6, 6.07) is 0. The van der Waals surface area contributed by atoms with Crippen molar-refractivity contribution < 1.29 is 14.6 Å². The van der Waals surface area contributed by atoms with Crippen molar-refractivity contribution >= 4 is 0 Å². The molecule has 1 aliphatic heterocycles. The summed E-state index contributed by atoms with van der Waals surface area (Å²) in [6.07, 6.45) is 12.7. The first-order valence-corrected chi connectivity index (χ1v) is 14.6. The monoisotopic (exact) mass is 460 g/mol. The van der Waals surface area contributed by atoms with Crippen LogP contribution in [0.1, 0.15) is 106 Å². The molecule has 4 aliphatic carbocycles. The highest BCUT2D eigenvalue weighted by Gasteiger charge is 2.63. The second-order valence-corrected chi connectivity index (χ2v) is 14.1. The molecule has 33 heavy (non-hydrogen) atoms. The number of rotatable bonds is 5. The number of hydrogen-bond donors (Lipinski definition) is 1. The third-order valence-electron chi connectivity index (χ3n) is 12.3. The van der Waals surface area contributed by atoms with Crippen LogP contribution in [0.4, 0.5) is 0 Å². The predicted molar refractivity (Wildman–Crippen MR) is 134 cm³/mol. The molecule has 5 rings (SSSR count). The van der Waals surface area contributed by atoms with Gasteiger partial charge in [0.2, 0.25) is 0 Å². The highest BCUT2D eigenvalue weighted by Crippen LogP contribution is 2.70. The number of ether oxygens (including phenoxy) is 2. The molecule has 3 heteroatoms. The summed E-state index contributed by atoms with van der Waals surface area (Å²) in [5.41, 5.74) is 0.985. The van der Waals surface area contributed by atoms with Crippen LogP contribution in [-0.2, 0) is 9.47 Å². The molecule has 5 fully saturated rings. The van der Waals surface area contributed by atoms with Crippen molar-refractivity contribution in [2.24, 2.45) is 58.2 Å². The van der Waals surface area contributed by atoms with Gasteiger partial charge in [0.25, 0.3) is 0 Å². The Hall–Kier alpha value is -0.120. The Bertz CT molecular complexity index is 699. The lowest BCUT2D eigenvalue weighted by Crippen LogP contribution is -2.58. The first kappa shape index (κ1) is 24.6. The standard InChI is InChI=1S/C30H52O3/c1-19(2)26(31)10-7-20(3)23-8-9-24-27-21(4)17-22-18-30(32-15-16-33-30)14-13-28(22,5)25(27)11-12-29(23,24)6/h19-27,31H,7-18H2,1-6H3/t20?,21?,22-,23?,24?,25?,26?,27?,28?,29?/m0/s1. The number of aliphatic hydroxyl groups excluding tert-OH is 1. The minimum absolute atomic E-state index is 0.133. The van der Waals surface area contributed by atoms with Crippen molar-refractivity contribution in [1.29, 1.82) is 0 Å². The van der Waals surface area contributed by atoms with Crippen molar-refractivity contribution in [1.82, 2.24) is 0 Å². The van der Waals surface area contributed by atoms with Gasteiger partial charge in [-0.25, -0.2) is 0 Å². The van der Waals surface area contributed by atoms with E-state index in [1.54, 1.807) is 0 Å². The fraction of sp³-hybridized carbons (Fsp3) is 1.00. The van der Waals surface area contributed by atoms with Crippen molar-refractivity contribution in [3.63, 3.8) is 0 Å². The van der Waals surface area contributed by atoms with Crippen molar-refractivity contribution in [3.05, 3.63) is 0 Å². The zero-order chi connectivity index (χ0) is 23.6. The van der Waals surface area contributed by atoms with E-state index in [1.165, 1.54) is 44.9 Å². The molecule has 0 bridgehead atoms. The maximum absolute atomic E-state index is 10.4. The molecule has 1 spiro atoms. The average Bonchev–Trinajstić information content (AvgIpc) is 3.37. The second kappa shape index (κ2) is 8.77. The van der Waals surface area contributed by atoms with E-state index >= 15 is 0 Å². The van der Waals surface area contributed by atoms with Gasteiger partial charge >= 0.3 is 0 Å². The van der Waals surface area contributed by atoms with Gasteiger partial charge in [-0.15, -0.1) is 0 Å². The van der Waals surface area contributed by atoms with Gasteiger partial charge in [-0.2, -0.15) is 0 Å². The van der Waals surface area contributed by atoms with Crippen LogP contribution in [0.2, 0.25) is 0 Å². The van der Waals surface area contributed by atoms with Crippen LogP contribution in [-0.4, -0.2) is 30.2 Å². The predicted octanol–water partition coefficient (Wildman–Crippen LogP) is 7.07. The van der Waals surface area contributed by atoms with Gasteiger partial charge in [0.1, 0.15) is 0 Å². The number of aliphatic hydroxyl groups is 1. The summed E-state index contributed by atoms with van der Waals surface area (Å²) in [5, 5.41) is 10.4. The molecule has 0 radical (unpaired) electrons. The van der Waals surface area contributed by atoms with Crippen LogP contribution in [0, 0.1) is 58.2 Å². The molecule has 3 nitrogen and oxygen atoms in total. The van der Waals surface area contributed by atoms with Gasteiger partial charge in [0, 0.05) is 12.8 Å². The Morgan fingerprint density at radius 1 is 0.879 bits per heavy atom. The van der Waals surface area contributed by atoms with Gasteiger partial charge in [-0.3, -0.25) is 0 Å². The maximum Gasteiger partial charge on any atom is 0.168 e. The van der Waals surface area contributed by atoms with Crippen molar-refractivity contribution in [2.75, 3.05) is 13.2 Å². The van der Waals surface area contributed by atoms with E-state index in [2.05, 4.69) is 41.5 Å². The van der Waals surface area contributed by atoms with E-state index in [-0.39, 0.29) is 11.9 Å². The van der Waals surface area contributed by atoms with E-state index < -0.39 is 0 Å². The summed E-state index contributed by atoms with van der Waals surface area (Å²) in [7, 11) is 0. The lowest BCUT2D eigenvalue weighted by atomic mass is 9.42. The van der Waals surface area contributed by atoms with Gasteiger partial charge in [-0.05, 0) is 110 Å². The molecule has 10 atom stereocenters. The molecule has 1 saturated heterocycles. The molecule has 190 valence electrons. The van der Waals surface area contributed by atoms with Gasteiger partial charge in [0.15, 0.2) is 5.79 Å². The highest BCUT2D eigenvalue weighted by atomic mass is 16.7. The molecule has 1 N–H and O–H groups in total. The largest absolute Gasteiger partial charge is 0.393 e. The summed E-state index contributed by atoms with van der Waals surface area (Å²) < 4.78 is 12.4. The molecule has 4 saturated carbocycles. The lowest BCUT2D eigenvalue weighted by molar-refractivity contribution is -0.236. The average molecular weight is 461 g/mol. The third-order valence-corrected chi connectivity index (χ3v) is 12.3. The molecule has 0 aromatic rings. The Labute approximate surface area is 203 Å². The van der Waals surface area contributed by atoms with Crippen LogP contribution in [0.3, 0.4) is 0 Å². The first-order valence-electron chi connectivity index (χ1n) is 14.6. The van der Waals surface area contributed by atoms with Crippen LogP contribution in [0.25, 0.3) is 0 Å². The Balaban J connectivity index is 1.31. The summed E-state index contributed by atoms with van der Waals surface area (Å²) in [4.78, 5) is 0. The topological polar surface area (TPSA) is 38.7 Å². The molecule has 0 aromatic heterocycles. The SMILES string of the molecule is CC(C)C(O)CCC(C)C1CCC2C3C(C)C[C@H]4CC5(CCC4(C)C3CCC12C)OCCO5. The first-order chi connectivity index (χ1) is 15.6. The highest BCUT2D eigenvalue weighted by molar-refractivity contribution is 5.12. The van der Waals surface area contributed by atoms with Crippen LogP contribution in [0.15, 0.2) is 0 Å². The summed E-state index contributed by atoms with van der Waals surface area (Å²) in [6.45, 7) is 16.3. The molecule has 0 amide bonds. The van der Waals surface area contributed by atoms with Crippen LogP contribution >= 0.6 is 0 Å². The van der Waals surface area contributed by atoms with Gasteiger partial charge in [0.05, 0.1) is 19.3 Å². The zero-order valence-electron chi connectivity index (χ0n) is 22.4. The minimum Gasteiger partial charge on any atom is -0.393 e. The molecule has 0 aromatic carbocycles. The normalized spacial score (nSPS) is 48.4. The van der Waals surface area contributed by atoms with Crippen LogP contribution < -0.4 is 0 Å². The molecule has 9 unspecified atom stereocenters. The van der Waals surface area contributed by atoms with Gasteiger partial charge in [-0.1, -0.05) is 41.5 Å². The van der Waals surface area contributed by atoms with Crippen LogP contribution in [0.5, 0.6) is 0 Å². The van der Waals surface area contributed by atoms with Crippen molar-refractivity contribution in [2.45, 2.75) is 118 Å².